The number of benzene rings is 1. The fraction of sp³-hybridized carbons (Fsp3) is 0.400. The second-order valence-electron chi connectivity index (χ2n) is 5.47. The number of hydrogen-bond acceptors (Lipinski definition) is 4. The van der Waals surface area contributed by atoms with Crippen molar-refractivity contribution in [2.24, 2.45) is 0 Å². The van der Waals surface area contributed by atoms with E-state index in [9.17, 15) is 8.42 Å². The van der Waals surface area contributed by atoms with Crippen molar-refractivity contribution in [2.75, 3.05) is 10.8 Å². The minimum absolute atomic E-state index is 0.203. The third-order valence-corrected chi connectivity index (χ3v) is 5.39. The van der Waals surface area contributed by atoms with E-state index in [0.717, 1.165) is 5.56 Å². The minimum Gasteiger partial charge on any atom is -0.487 e. The van der Waals surface area contributed by atoms with Gasteiger partial charge in [-0.25, -0.2) is 8.42 Å². The van der Waals surface area contributed by atoms with Gasteiger partial charge in [-0.2, -0.15) is 5.10 Å². The van der Waals surface area contributed by atoms with E-state index in [0.29, 0.717) is 18.0 Å². The molecule has 0 radical (unpaired) electrons. The predicted octanol–water partition coefficient (Wildman–Crippen LogP) is 2.19. The highest BCUT2D eigenvalue weighted by molar-refractivity contribution is 7.92. The van der Waals surface area contributed by atoms with Crippen LogP contribution in [0.5, 0.6) is 5.75 Å². The van der Waals surface area contributed by atoms with Gasteiger partial charge in [-0.15, -0.1) is 0 Å². The number of hydrogen-bond donors (Lipinski definition) is 0. The second kappa shape index (κ2) is 5.31. The summed E-state index contributed by atoms with van der Waals surface area (Å²) < 4.78 is 34.7. The molecule has 0 saturated heterocycles. The largest absolute Gasteiger partial charge is 0.487 e. The number of ether oxygens (including phenoxy) is 1. The Morgan fingerprint density at radius 2 is 2.18 bits per heavy atom. The number of nitrogens with zero attached hydrogens (tertiary/aromatic N) is 3. The van der Waals surface area contributed by atoms with Gasteiger partial charge in [0.05, 0.1) is 18.4 Å². The first kappa shape index (κ1) is 14.9. The molecule has 7 heteroatoms. The molecule has 1 aliphatic heterocycles. The Bertz CT molecular complexity index is 798. The SMILES string of the molecule is CCn1cc(S(=O)(=O)N2C[C@@H](C)Oc3ccc(C)cc32)cn1. The molecule has 1 atom stereocenters. The number of fused-ring (bicyclic) bond motifs is 1. The fourth-order valence-corrected chi connectivity index (χ4v) is 4.01. The quantitative estimate of drug-likeness (QED) is 0.869. The highest BCUT2D eigenvalue weighted by Crippen LogP contribution is 2.37. The van der Waals surface area contributed by atoms with Crippen molar-refractivity contribution in [1.29, 1.82) is 0 Å². The highest BCUT2D eigenvalue weighted by Gasteiger charge is 2.33. The van der Waals surface area contributed by atoms with Crippen LogP contribution in [0.4, 0.5) is 5.69 Å². The molecular weight excluding hydrogens is 302 g/mol. The van der Waals surface area contributed by atoms with E-state index in [1.807, 2.05) is 39.0 Å². The third kappa shape index (κ3) is 2.45. The monoisotopic (exact) mass is 321 g/mol. The van der Waals surface area contributed by atoms with E-state index in [1.165, 1.54) is 10.5 Å². The fourth-order valence-electron chi connectivity index (χ4n) is 2.51. The van der Waals surface area contributed by atoms with Crippen LogP contribution in [0, 0.1) is 6.92 Å². The van der Waals surface area contributed by atoms with Gasteiger partial charge in [-0.1, -0.05) is 6.07 Å². The lowest BCUT2D eigenvalue weighted by Gasteiger charge is -2.34. The van der Waals surface area contributed by atoms with E-state index >= 15 is 0 Å². The van der Waals surface area contributed by atoms with Crippen molar-refractivity contribution in [3.8, 4) is 5.75 Å². The van der Waals surface area contributed by atoms with Gasteiger partial charge in [-0.3, -0.25) is 8.99 Å². The molecular formula is C15H19N3O3S. The lowest BCUT2D eigenvalue weighted by molar-refractivity contribution is 0.219. The summed E-state index contributed by atoms with van der Waals surface area (Å²) in [5, 5.41) is 4.07. The van der Waals surface area contributed by atoms with Crippen molar-refractivity contribution in [2.45, 2.75) is 38.3 Å². The van der Waals surface area contributed by atoms with Gasteiger partial charge in [0, 0.05) is 12.7 Å². The second-order valence-corrected chi connectivity index (χ2v) is 7.33. The Morgan fingerprint density at radius 3 is 2.86 bits per heavy atom. The van der Waals surface area contributed by atoms with Gasteiger partial charge in [0.1, 0.15) is 16.7 Å². The first-order valence-corrected chi connectivity index (χ1v) is 8.68. The maximum atomic E-state index is 13.0. The van der Waals surface area contributed by atoms with Crippen LogP contribution in [0.25, 0.3) is 0 Å². The molecule has 0 aliphatic carbocycles. The van der Waals surface area contributed by atoms with Crippen molar-refractivity contribution in [3.05, 3.63) is 36.2 Å². The van der Waals surface area contributed by atoms with Gasteiger partial charge in [0.15, 0.2) is 0 Å². The molecule has 0 spiro atoms. The molecule has 2 heterocycles. The van der Waals surface area contributed by atoms with Crippen molar-refractivity contribution in [3.63, 3.8) is 0 Å². The summed E-state index contributed by atoms with van der Waals surface area (Å²) in [4.78, 5) is 0.205. The van der Waals surface area contributed by atoms with Crippen LogP contribution in [0.2, 0.25) is 0 Å². The molecule has 1 aromatic carbocycles. The Morgan fingerprint density at radius 1 is 1.41 bits per heavy atom. The Balaban J connectivity index is 2.09. The summed E-state index contributed by atoms with van der Waals surface area (Å²) in [6.45, 7) is 6.62. The maximum Gasteiger partial charge on any atom is 0.267 e. The topological polar surface area (TPSA) is 64.4 Å². The molecule has 2 aromatic rings. The zero-order valence-corrected chi connectivity index (χ0v) is 13.7. The van der Waals surface area contributed by atoms with Crippen LogP contribution in [0.1, 0.15) is 19.4 Å². The lowest BCUT2D eigenvalue weighted by Crippen LogP contribution is -2.42. The zero-order chi connectivity index (χ0) is 15.9. The highest BCUT2D eigenvalue weighted by atomic mass is 32.2. The summed E-state index contributed by atoms with van der Waals surface area (Å²) in [6, 6.07) is 5.57. The van der Waals surface area contributed by atoms with E-state index < -0.39 is 10.0 Å². The first-order valence-electron chi connectivity index (χ1n) is 7.24. The molecule has 0 amide bonds. The molecule has 6 nitrogen and oxygen atoms in total. The van der Waals surface area contributed by atoms with E-state index in [-0.39, 0.29) is 17.5 Å². The summed E-state index contributed by atoms with van der Waals surface area (Å²) in [5.74, 6) is 0.593. The number of anilines is 1. The Labute approximate surface area is 130 Å². The Hall–Kier alpha value is -2.02. The number of aryl methyl sites for hydroxylation is 2. The zero-order valence-electron chi connectivity index (χ0n) is 12.9. The van der Waals surface area contributed by atoms with E-state index in [2.05, 4.69) is 5.10 Å². The van der Waals surface area contributed by atoms with Crippen molar-refractivity contribution in [1.82, 2.24) is 9.78 Å². The average molecular weight is 321 g/mol. The third-order valence-electron chi connectivity index (χ3n) is 3.66. The van der Waals surface area contributed by atoms with Crippen LogP contribution >= 0.6 is 0 Å². The molecule has 3 rings (SSSR count). The predicted molar refractivity (Wildman–Crippen MR) is 83.7 cm³/mol. The summed E-state index contributed by atoms with van der Waals surface area (Å²) in [5.41, 5.74) is 1.57. The molecule has 1 aliphatic rings. The van der Waals surface area contributed by atoms with Crippen LogP contribution in [0.3, 0.4) is 0 Å². The van der Waals surface area contributed by atoms with Gasteiger partial charge in [0.25, 0.3) is 10.0 Å². The van der Waals surface area contributed by atoms with Gasteiger partial charge in [-0.05, 0) is 38.5 Å². The molecule has 0 fully saturated rings. The molecule has 0 unspecified atom stereocenters. The Kier molecular flexibility index (Phi) is 3.60. The average Bonchev–Trinajstić information content (AvgIpc) is 2.96. The van der Waals surface area contributed by atoms with E-state index in [1.54, 1.807) is 10.9 Å². The lowest BCUT2D eigenvalue weighted by atomic mass is 10.2. The van der Waals surface area contributed by atoms with Crippen molar-refractivity contribution < 1.29 is 13.2 Å². The van der Waals surface area contributed by atoms with Crippen LogP contribution in [-0.2, 0) is 16.6 Å². The van der Waals surface area contributed by atoms with E-state index in [4.69, 9.17) is 4.74 Å². The summed E-state index contributed by atoms with van der Waals surface area (Å²) in [6.07, 6.45) is 2.76. The standard InChI is InChI=1S/C15H19N3O3S/c1-4-17-10-13(8-16-17)22(19,20)18-9-12(3)21-15-6-5-11(2)7-14(15)18/h5-8,10,12H,4,9H2,1-3H3/t12-/m1/s1. The number of rotatable bonds is 3. The van der Waals surface area contributed by atoms with Gasteiger partial charge in [0.2, 0.25) is 0 Å². The molecule has 1 aromatic heterocycles. The van der Waals surface area contributed by atoms with Crippen LogP contribution < -0.4 is 9.04 Å². The normalized spacial score (nSPS) is 18.0. The van der Waals surface area contributed by atoms with Crippen LogP contribution in [-0.4, -0.2) is 30.8 Å². The number of sulfonamides is 1. The van der Waals surface area contributed by atoms with Gasteiger partial charge >= 0.3 is 0 Å². The molecule has 22 heavy (non-hydrogen) atoms. The minimum atomic E-state index is -3.64. The number of aromatic nitrogens is 2. The molecule has 0 bridgehead atoms. The van der Waals surface area contributed by atoms with Crippen LogP contribution in [0.15, 0.2) is 35.5 Å². The molecule has 118 valence electrons. The summed E-state index contributed by atoms with van der Waals surface area (Å²) >= 11 is 0. The maximum absolute atomic E-state index is 13.0. The first-order chi connectivity index (χ1) is 10.4. The molecule has 0 saturated carbocycles. The smallest absolute Gasteiger partial charge is 0.267 e. The summed E-state index contributed by atoms with van der Waals surface area (Å²) in [7, 11) is -3.64. The van der Waals surface area contributed by atoms with Crippen molar-refractivity contribution >= 4 is 15.7 Å². The van der Waals surface area contributed by atoms with Gasteiger partial charge < -0.3 is 4.74 Å². The molecule has 0 N–H and O–H groups in total.